The fourth-order valence-electron chi connectivity index (χ4n) is 4.08. The number of rotatable bonds is 8. The fraction of sp³-hybridized carbons (Fsp3) is 0.524. The highest BCUT2D eigenvalue weighted by Crippen LogP contribution is 2.24. The van der Waals surface area contributed by atoms with Gasteiger partial charge >= 0.3 is 7.12 Å². The molecule has 1 unspecified atom stereocenters. The average molecular weight is 354 g/mol. The Morgan fingerprint density at radius 3 is 2.50 bits per heavy atom. The number of nitrogens with two attached hydrogens (primary N) is 1. The molecule has 1 atom stereocenters. The molecule has 5 heteroatoms. The molecular formula is C21H31BN2O2. The fourth-order valence-corrected chi connectivity index (χ4v) is 4.08. The third-order valence-electron chi connectivity index (χ3n) is 5.71. The van der Waals surface area contributed by atoms with Gasteiger partial charge in [0.2, 0.25) is 0 Å². The first-order valence-corrected chi connectivity index (χ1v) is 9.93. The molecule has 1 aliphatic heterocycles. The minimum Gasteiger partial charge on any atom is -0.427 e. The highest BCUT2D eigenvalue weighted by atomic mass is 16.4. The van der Waals surface area contributed by atoms with Crippen molar-refractivity contribution in [2.45, 2.75) is 51.0 Å². The van der Waals surface area contributed by atoms with E-state index in [1.54, 1.807) is 0 Å². The average Bonchev–Trinajstić information content (AvgIpc) is 2.65. The molecule has 0 aliphatic carbocycles. The number of fused-ring (bicyclic) bond motifs is 1. The second-order valence-electron chi connectivity index (χ2n) is 7.72. The number of piperidine rings is 1. The van der Waals surface area contributed by atoms with Crippen molar-refractivity contribution in [1.82, 2.24) is 4.90 Å². The Morgan fingerprint density at radius 1 is 1.04 bits per heavy atom. The number of unbranched alkanes of at least 4 members (excludes halogenated alkanes) is 1. The molecule has 1 fully saturated rings. The second kappa shape index (κ2) is 9.51. The third kappa shape index (κ3) is 5.55. The molecule has 3 rings (SSSR count). The molecule has 4 N–H and O–H groups in total. The zero-order valence-electron chi connectivity index (χ0n) is 15.6. The van der Waals surface area contributed by atoms with Crippen LogP contribution in [0.1, 0.15) is 37.7 Å². The van der Waals surface area contributed by atoms with Crippen LogP contribution in [0.15, 0.2) is 42.5 Å². The SMILES string of the molecule is NC(CCCCB(O)O)C1CCN(Cc2ccc3ccccc3c2)CC1. The Labute approximate surface area is 157 Å². The Bertz CT molecular complexity index is 687. The number of hydrogen-bond donors (Lipinski definition) is 3. The van der Waals surface area contributed by atoms with Gasteiger partial charge < -0.3 is 15.8 Å². The van der Waals surface area contributed by atoms with Gasteiger partial charge in [0.15, 0.2) is 0 Å². The molecular weight excluding hydrogens is 323 g/mol. The molecule has 140 valence electrons. The van der Waals surface area contributed by atoms with E-state index in [1.165, 1.54) is 16.3 Å². The Morgan fingerprint density at radius 2 is 1.77 bits per heavy atom. The van der Waals surface area contributed by atoms with Crippen LogP contribution in [0.3, 0.4) is 0 Å². The standard InChI is InChI=1S/C21H31BN2O2/c23-21(7-3-4-12-22(25)26)19-10-13-24(14-11-19)16-17-8-9-18-5-1-2-6-20(18)15-17/h1-2,5-6,8-9,15,19,21,25-26H,3-4,7,10-14,16,23H2. The number of nitrogens with zero attached hydrogens (tertiary/aromatic N) is 1. The van der Waals surface area contributed by atoms with Gasteiger partial charge in [-0.05, 0) is 67.0 Å². The summed E-state index contributed by atoms with van der Waals surface area (Å²) < 4.78 is 0. The maximum absolute atomic E-state index is 8.89. The molecule has 0 radical (unpaired) electrons. The van der Waals surface area contributed by atoms with Gasteiger partial charge in [0.05, 0.1) is 0 Å². The van der Waals surface area contributed by atoms with Crippen LogP contribution in [0.4, 0.5) is 0 Å². The summed E-state index contributed by atoms with van der Waals surface area (Å²) in [5, 5.41) is 20.4. The van der Waals surface area contributed by atoms with E-state index in [9.17, 15) is 0 Å². The number of benzene rings is 2. The van der Waals surface area contributed by atoms with Crippen LogP contribution >= 0.6 is 0 Å². The molecule has 26 heavy (non-hydrogen) atoms. The Hall–Kier alpha value is -1.40. The number of hydrogen-bond acceptors (Lipinski definition) is 4. The molecule has 0 spiro atoms. The highest BCUT2D eigenvalue weighted by Gasteiger charge is 2.24. The Kier molecular flexibility index (Phi) is 7.09. The van der Waals surface area contributed by atoms with Crippen molar-refractivity contribution >= 4 is 17.9 Å². The zero-order chi connectivity index (χ0) is 18.4. The smallest absolute Gasteiger partial charge is 0.427 e. The van der Waals surface area contributed by atoms with Gasteiger partial charge in [-0.25, -0.2) is 0 Å². The lowest BCUT2D eigenvalue weighted by Gasteiger charge is -2.35. The van der Waals surface area contributed by atoms with Gasteiger partial charge in [-0.2, -0.15) is 0 Å². The quantitative estimate of drug-likeness (QED) is 0.503. The van der Waals surface area contributed by atoms with Crippen LogP contribution in [-0.4, -0.2) is 41.2 Å². The van der Waals surface area contributed by atoms with Crippen molar-refractivity contribution in [3.63, 3.8) is 0 Å². The second-order valence-corrected chi connectivity index (χ2v) is 7.72. The monoisotopic (exact) mass is 354 g/mol. The van der Waals surface area contributed by atoms with Gasteiger partial charge in [-0.3, -0.25) is 4.90 Å². The minimum atomic E-state index is -1.18. The summed E-state index contributed by atoms with van der Waals surface area (Å²) in [6, 6.07) is 15.5. The zero-order valence-corrected chi connectivity index (χ0v) is 15.6. The topological polar surface area (TPSA) is 69.7 Å². The molecule has 2 aromatic rings. The van der Waals surface area contributed by atoms with Crippen molar-refractivity contribution in [2.24, 2.45) is 11.7 Å². The molecule has 4 nitrogen and oxygen atoms in total. The van der Waals surface area contributed by atoms with Crippen molar-refractivity contribution < 1.29 is 10.0 Å². The van der Waals surface area contributed by atoms with Crippen molar-refractivity contribution in [3.8, 4) is 0 Å². The molecule has 0 saturated carbocycles. The third-order valence-corrected chi connectivity index (χ3v) is 5.71. The Balaban J connectivity index is 1.42. The number of likely N-dealkylation sites (tertiary alicyclic amines) is 1. The molecule has 1 saturated heterocycles. The van der Waals surface area contributed by atoms with Crippen LogP contribution in [0.5, 0.6) is 0 Å². The van der Waals surface area contributed by atoms with Crippen LogP contribution in [-0.2, 0) is 6.54 Å². The minimum absolute atomic E-state index is 0.244. The van der Waals surface area contributed by atoms with Crippen LogP contribution in [0, 0.1) is 5.92 Å². The van der Waals surface area contributed by atoms with Gasteiger partial charge in [0, 0.05) is 12.6 Å². The predicted molar refractivity (Wildman–Crippen MR) is 109 cm³/mol. The largest absolute Gasteiger partial charge is 0.451 e. The van der Waals surface area contributed by atoms with Crippen molar-refractivity contribution in [1.29, 1.82) is 0 Å². The van der Waals surface area contributed by atoms with Gasteiger partial charge in [0.1, 0.15) is 0 Å². The molecule has 0 aromatic heterocycles. The normalized spacial score (nSPS) is 17.5. The van der Waals surface area contributed by atoms with E-state index in [2.05, 4.69) is 47.4 Å². The predicted octanol–water partition coefficient (Wildman–Crippen LogP) is 3.02. The van der Waals surface area contributed by atoms with E-state index in [4.69, 9.17) is 15.8 Å². The lowest BCUT2D eigenvalue weighted by atomic mass is 9.82. The summed E-state index contributed by atoms with van der Waals surface area (Å²) in [5.74, 6) is 0.599. The summed E-state index contributed by atoms with van der Waals surface area (Å²) in [6.45, 7) is 3.24. The van der Waals surface area contributed by atoms with Crippen LogP contribution < -0.4 is 5.73 Å². The van der Waals surface area contributed by atoms with E-state index >= 15 is 0 Å². The first-order valence-electron chi connectivity index (χ1n) is 9.93. The molecule has 2 aromatic carbocycles. The molecule has 0 amide bonds. The van der Waals surface area contributed by atoms with E-state index in [-0.39, 0.29) is 6.04 Å². The van der Waals surface area contributed by atoms with E-state index in [0.29, 0.717) is 12.2 Å². The van der Waals surface area contributed by atoms with E-state index in [0.717, 1.165) is 51.7 Å². The summed E-state index contributed by atoms with van der Waals surface area (Å²) in [5.41, 5.74) is 7.77. The highest BCUT2D eigenvalue weighted by molar-refractivity contribution is 6.40. The lowest BCUT2D eigenvalue weighted by Crippen LogP contribution is -2.40. The molecule has 0 bridgehead atoms. The molecule has 1 heterocycles. The van der Waals surface area contributed by atoms with E-state index < -0.39 is 7.12 Å². The van der Waals surface area contributed by atoms with Crippen molar-refractivity contribution in [2.75, 3.05) is 13.1 Å². The first kappa shape index (κ1) is 19.4. The summed E-state index contributed by atoms with van der Waals surface area (Å²) in [7, 11) is -1.18. The summed E-state index contributed by atoms with van der Waals surface area (Å²) >= 11 is 0. The molecule has 1 aliphatic rings. The maximum Gasteiger partial charge on any atom is 0.451 e. The van der Waals surface area contributed by atoms with Crippen LogP contribution in [0.2, 0.25) is 6.32 Å². The van der Waals surface area contributed by atoms with E-state index in [1.807, 2.05) is 0 Å². The van der Waals surface area contributed by atoms with Gasteiger partial charge in [0.25, 0.3) is 0 Å². The summed E-state index contributed by atoms with van der Waals surface area (Å²) in [4.78, 5) is 2.54. The first-order chi connectivity index (χ1) is 12.6. The summed E-state index contributed by atoms with van der Waals surface area (Å²) in [6.07, 6.45) is 5.59. The van der Waals surface area contributed by atoms with Gasteiger partial charge in [-0.1, -0.05) is 49.2 Å². The van der Waals surface area contributed by atoms with Crippen molar-refractivity contribution in [3.05, 3.63) is 48.0 Å². The lowest BCUT2D eigenvalue weighted by molar-refractivity contribution is 0.159. The van der Waals surface area contributed by atoms with Gasteiger partial charge in [-0.15, -0.1) is 0 Å². The maximum atomic E-state index is 8.89. The van der Waals surface area contributed by atoms with Crippen LogP contribution in [0.25, 0.3) is 10.8 Å².